The summed E-state index contributed by atoms with van der Waals surface area (Å²) in [6.45, 7) is 11.0. The number of rotatable bonds is 8. The average Bonchev–Trinajstić information content (AvgIpc) is 2.75. The number of benzene rings is 1. The van der Waals surface area contributed by atoms with E-state index in [-0.39, 0.29) is 0 Å². The van der Waals surface area contributed by atoms with E-state index < -0.39 is 0 Å². The molecule has 2 aromatic rings. The molecule has 150 valence electrons. The van der Waals surface area contributed by atoms with E-state index in [0.717, 1.165) is 64.0 Å². The number of aliphatic imine (C=N–C) groups is 1. The molecule has 0 unspecified atom stereocenters. The second kappa shape index (κ2) is 11.4. The molecule has 0 spiro atoms. The summed E-state index contributed by atoms with van der Waals surface area (Å²) in [5, 5.41) is 6.75. The molecule has 0 saturated carbocycles. The molecule has 3 rings (SSSR count). The summed E-state index contributed by atoms with van der Waals surface area (Å²) in [6.07, 6.45) is 1.81. The summed E-state index contributed by atoms with van der Waals surface area (Å²) < 4.78 is 0. The van der Waals surface area contributed by atoms with Crippen molar-refractivity contribution in [3.63, 3.8) is 0 Å². The summed E-state index contributed by atoms with van der Waals surface area (Å²) in [5.41, 5.74) is 2.38. The average molecular weight is 381 g/mol. The van der Waals surface area contributed by atoms with Gasteiger partial charge in [-0.1, -0.05) is 36.4 Å². The van der Waals surface area contributed by atoms with E-state index >= 15 is 0 Å². The summed E-state index contributed by atoms with van der Waals surface area (Å²) in [5.74, 6) is 0.857. The number of hydrogen-bond donors (Lipinski definition) is 2. The number of nitrogens with zero attached hydrogens (tertiary/aromatic N) is 4. The van der Waals surface area contributed by atoms with Crippen LogP contribution in [-0.2, 0) is 13.1 Å². The van der Waals surface area contributed by atoms with E-state index in [2.05, 4.69) is 67.7 Å². The predicted molar refractivity (Wildman–Crippen MR) is 115 cm³/mol. The van der Waals surface area contributed by atoms with Crippen molar-refractivity contribution in [1.29, 1.82) is 0 Å². The maximum Gasteiger partial charge on any atom is 0.191 e. The molecule has 6 nitrogen and oxygen atoms in total. The van der Waals surface area contributed by atoms with Crippen LogP contribution in [0.1, 0.15) is 18.2 Å². The molecule has 0 amide bonds. The second-order valence-electron chi connectivity index (χ2n) is 7.05. The van der Waals surface area contributed by atoms with Crippen molar-refractivity contribution >= 4 is 5.96 Å². The Balaban J connectivity index is 1.36. The minimum atomic E-state index is 0.592. The SMILES string of the molecule is CCNC(=NCc1ccccn1)NCCN1CCN(Cc2ccccc2)CC1. The minimum absolute atomic E-state index is 0.592. The van der Waals surface area contributed by atoms with Crippen molar-refractivity contribution in [2.75, 3.05) is 45.8 Å². The Morgan fingerprint density at radius 1 is 0.964 bits per heavy atom. The standard InChI is InChI=1S/C22H32N6/c1-2-23-22(26-18-21-10-6-7-11-24-21)25-12-13-27-14-16-28(17-15-27)19-20-8-4-3-5-9-20/h3-11H,2,12-19H2,1H3,(H2,23,25,26). The number of guanidine groups is 1. The molecule has 6 heteroatoms. The maximum absolute atomic E-state index is 4.63. The van der Waals surface area contributed by atoms with Crippen molar-refractivity contribution < 1.29 is 0 Å². The van der Waals surface area contributed by atoms with Gasteiger partial charge >= 0.3 is 0 Å². The Labute approximate surface area is 168 Å². The molecule has 0 radical (unpaired) electrons. The van der Waals surface area contributed by atoms with Crippen LogP contribution in [0.15, 0.2) is 59.7 Å². The maximum atomic E-state index is 4.63. The number of aromatic nitrogens is 1. The van der Waals surface area contributed by atoms with Gasteiger partial charge in [-0.3, -0.25) is 14.8 Å². The van der Waals surface area contributed by atoms with E-state index in [1.165, 1.54) is 5.56 Å². The summed E-state index contributed by atoms with van der Waals surface area (Å²) in [7, 11) is 0. The minimum Gasteiger partial charge on any atom is -0.357 e. The highest BCUT2D eigenvalue weighted by atomic mass is 15.3. The number of nitrogens with one attached hydrogen (secondary N) is 2. The highest BCUT2D eigenvalue weighted by molar-refractivity contribution is 5.79. The normalized spacial score (nSPS) is 16.1. The van der Waals surface area contributed by atoms with Gasteiger partial charge in [0.05, 0.1) is 12.2 Å². The van der Waals surface area contributed by atoms with Gasteiger partial charge in [0.15, 0.2) is 5.96 Å². The molecule has 0 aliphatic carbocycles. The van der Waals surface area contributed by atoms with Gasteiger partial charge in [-0.2, -0.15) is 0 Å². The van der Waals surface area contributed by atoms with Gasteiger partial charge in [-0.15, -0.1) is 0 Å². The summed E-state index contributed by atoms with van der Waals surface area (Å²) in [4.78, 5) is 14.0. The lowest BCUT2D eigenvalue weighted by Crippen LogP contribution is -2.49. The van der Waals surface area contributed by atoms with Gasteiger partial charge in [0.1, 0.15) is 0 Å². The number of hydrogen-bond acceptors (Lipinski definition) is 4. The quantitative estimate of drug-likeness (QED) is 0.542. The van der Waals surface area contributed by atoms with Crippen LogP contribution < -0.4 is 10.6 Å². The van der Waals surface area contributed by atoms with Gasteiger partial charge in [0, 0.05) is 58.6 Å². The molecule has 2 heterocycles. The lowest BCUT2D eigenvalue weighted by molar-refractivity contribution is 0.129. The van der Waals surface area contributed by atoms with E-state index in [4.69, 9.17) is 0 Å². The predicted octanol–water partition coefficient (Wildman–Crippen LogP) is 1.95. The van der Waals surface area contributed by atoms with Crippen LogP contribution in [0.25, 0.3) is 0 Å². The zero-order valence-electron chi connectivity index (χ0n) is 16.8. The molecule has 1 aliphatic rings. The fourth-order valence-electron chi connectivity index (χ4n) is 3.34. The van der Waals surface area contributed by atoms with Crippen LogP contribution >= 0.6 is 0 Å². The van der Waals surface area contributed by atoms with Crippen molar-refractivity contribution in [3.05, 3.63) is 66.0 Å². The van der Waals surface area contributed by atoms with E-state index in [1.807, 2.05) is 24.4 Å². The highest BCUT2D eigenvalue weighted by Crippen LogP contribution is 2.08. The van der Waals surface area contributed by atoms with Gasteiger partial charge < -0.3 is 10.6 Å². The molecule has 1 aromatic carbocycles. The number of pyridine rings is 1. The third-order valence-electron chi connectivity index (χ3n) is 4.90. The van der Waals surface area contributed by atoms with Crippen LogP contribution in [0, 0.1) is 0 Å². The molecule has 0 atom stereocenters. The Morgan fingerprint density at radius 3 is 2.43 bits per heavy atom. The first kappa shape index (κ1) is 20.3. The van der Waals surface area contributed by atoms with Crippen LogP contribution in [0.4, 0.5) is 0 Å². The van der Waals surface area contributed by atoms with Gasteiger partial charge in [-0.05, 0) is 24.6 Å². The Hall–Kier alpha value is -2.44. The first-order chi connectivity index (χ1) is 13.8. The molecule has 2 N–H and O–H groups in total. The molecule has 28 heavy (non-hydrogen) atoms. The summed E-state index contributed by atoms with van der Waals surface area (Å²) >= 11 is 0. The molecule has 1 fully saturated rings. The number of piperazine rings is 1. The van der Waals surface area contributed by atoms with Crippen LogP contribution in [0.5, 0.6) is 0 Å². The van der Waals surface area contributed by atoms with Crippen molar-refractivity contribution in [2.24, 2.45) is 4.99 Å². The largest absolute Gasteiger partial charge is 0.357 e. The Bertz CT molecular complexity index is 695. The van der Waals surface area contributed by atoms with Crippen molar-refractivity contribution in [3.8, 4) is 0 Å². The fraction of sp³-hybridized carbons (Fsp3) is 0.455. The lowest BCUT2D eigenvalue weighted by Gasteiger charge is -2.34. The smallest absolute Gasteiger partial charge is 0.191 e. The fourth-order valence-corrected chi connectivity index (χ4v) is 3.34. The molecular formula is C22H32N6. The summed E-state index contributed by atoms with van der Waals surface area (Å²) in [6, 6.07) is 16.7. The first-order valence-electron chi connectivity index (χ1n) is 10.2. The van der Waals surface area contributed by atoms with Crippen LogP contribution in [0.2, 0.25) is 0 Å². The molecular weight excluding hydrogens is 348 g/mol. The molecule has 1 aliphatic heterocycles. The van der Waals surface area contributed by atoms with E-state index in [1.54, 1.807) is 0 Å². The molecule has 0 bridgehead atoms. The van der Waals surface area contributed by atoms with Gasteiger partial charge in [0.2, 0.25) is 0 Å². The van der Waals surface area contributed by atoms with Gasteiger partial charge in [0.25, 0.3) is 0 Å². The second-order valence-corrected chi connectivity index (χ2v) is 7.05. The van der Waals surface area contributed by atoms with Crippen molar-refractivity contribution in [1.82, 2.24) is 25.4 Å². The Kier molecular flexibility index (Phi) is 8.27. The third kappa shape index (κ3) is 6.94. The Morgan fingerprint density at radius 2 is 1.71 bits per heavy atom. The third-order valence-corrected chi connectivity index (χ3v) is 4.90. The van der Waals surface area contributed by atoms with Crippen LogP contribution in [0.3, 0.4) is 0 Å². The lowest BCUT2D eigenvalue weighted by atomic mass is 10.2. The molecule has 1 aromatic heterocycles. The zero-order valence-corrected chi connectivity index (χ0v) is 16.8. The van der Waals surface area contributed by atoms with E-state index in [0.29, 0.717) is 6.54 Å². The van der Waals surface area contributed by atoms with Crippen LogP contribution in [-0.4, -0.2) is 66.6 Å². The van der Waals surface area contributed by atoms with E-state index in [9.17, 15) is 0 Å². The zero-order chi connectivity index (χ0) is 19.4. The first-order valence-corrected chi connectivity index (χ1v) is 10.2. The molecule has 1 saturated heterocycles. The topological polar surface area (TPSA) is 55.8 Å². The monoisotopic (exact) mass is 380 g/mol. The van der Waals surface area contributed by atoms with Gasteiger partial charge in [-0.25, -0.2) is 4.99 Å². The van der Waals surface area contributed by atoms with Crippen molar-refractivity contribution in [2.45, 2.75) is 20.0 Å². The highest BCUT2D eigenvalue weighted by Gasteiger charge is 2.16.